The second-order valence-electron chi connectivity index (χ2n) is 5.68. The third-order valence-electron chi connectivity index (χ3n) is 3.87. The first-order valence-electron chi connectivity index (χ1n) is 8.54. The number of ether oxygens (including phenoxy) is 2. The van der Waals surface area contributed by atoms with Gasteiger partial charge in [-0.3, -0.25) is 4.79 Å². The van der Waals surface area contributed by atoms with E-state index in [1.54, 1.807) is 6.07 Å². The van der Waals surface area contributed by atoms with Gasteiger partial charge in [0.15, 0.2) is 11.5 Å². The minimum absolute atomic E-state index is 0.118. The van der Waals surface area contributed by atoms with Gasteiger partial charge in [-0.2, -0.15) is 0 Å². The van der Waals surface area contributed by atoms with Crippen LogP contribution in [0.2, 0.25) is 0 Å². The van der Waals surface area contributed by atoms with Crippen LogP contribution in [0.5, 0.6) is 11.5 Å². The van der Waals surface area contributed by atoms with Crippen molar-refractivity contribution >= 4 is 17.3 Å². The Balaban J connectivity index is 2.00. The predicted molar refractivity (Wildman–Crippen MR) is 102 cm³/mol. The van der Waals surface area contributed by atoms with E-state index in [0.29, 0.717) is 30.4 Å². The summed E-state index contributed by atoms with van der Waals surface area (Å²) in [6, 6.07) is 11.4. The highest BCUT2D eigenvalue weighted by Gasteiger charge is 2.09. The van der Waals surface area contributed by atoms with Crippen molar-refractivity contribution in [2.75, 3.05) is 30.4 Å². The van der Waals surface area contributed by atoms with Crippen LogP contribution in [0.3, 0.4) is 0 Å². The van der Waals surface area contributed by atoms with Crippen LogP contribution in [0.4, 0.5) is 11.4 Å². The smallest absolute Gasteiger partial charge is 0.243 e. The van der Waals surface area contributed by atoms with Crippen molar-refractivity contribution < 1.29 is 14.3 Å². The fraction of sp³-hybridized carbons (Fsp3) is 0.350. The number of carbonyl (C=O) groups is 1. The summed E-state index contributed by atoms with van der Waals surface area (Å²) in [5, 5.41) is 6.05. The van der Waals surface area contributed by atoms with Gasteiger partial charge in [0.2, 0.25) is 5.91 Å². The molecular formula is C20H26N2O3. The van der Waals surface area contributed by atoms with Crippen LogP contribution in [-0.2, 0) is 4.79 Å². The molecule has 134 valence electrons. The van der Waals surface area contributed by atoms with E-state index in [4.69, 9.17) is 9.47 Å². The van der Waals surface area contributed by atoms with Gasteiger partial charge in [-0.25, -0.2) is 0 Å². The molecule has 0 unspecified atom stereocenters. The molecule has 0 aliphatic carbocycles. The van der Waals surface area contributed by atoms with Crippen LogP contribution in [-0.4, -0.2) is 25.7 Å². The average molecular weight is 342 g/mol. The summed E-state index contributed by atoms with van der Waals surface area (Å²) >= 11 is 0. The lowest BCUT2D eigenvalue weighted by Crippen LogP contribution is -2.22. The fourth-order valence-electron chi connectivity index (χ4n) is 2.45. The van der Waals surface area contributed by atoms with E-state index < -0.39 is 0 Å². The molecule has 0 aromatic heterocycles. The summed E-state index contributed by atoms with van der Waals surface area (Å²) in [5.41, 5.74) is 3.99. The molecule has 0 saturated carbocycles. The van der Waals surface area contributed by atoms with Crippen LogP contribution < -0.4 is 20.1 Å². The molecule has 0 saturated heterocycles. The standard InChI is InChI=1S/C20H26N2O3/c1-5-24-18-11-10-16(12-19(18)25-6-2)22-20(23)13-21-17-9-7-8-14(3)15(17)4/h7-12,21H,5-6,13H2,1-4H3,(H,22,23). The fourth-order valence-corrected chi connectivity index (χ4v) is 2.45. The molecule has 5 heteroatoms. The molecule has 25 heavy (non-hydrogen) atoms. The zero-order chi connectivity index (χ0) is 18.2. The Hall–Kier alpha value is -2.69. The van der Waals surface area contributed by atoms with Gasteiger partial charge < -0.3 is 20.1 Å². The van der Waals surface area contributed by atoms with Crippen molar-refractivity contribution in [1.29, 1.82) is 0 Å². The zero-order valence-electron chi connectivity index (χ0n) is 15.3. The highest BCUT2D eigenvalue weighted by Crippen LogP contribution is 2.30. The van der Waals surface area contributed by atoms with Crippen molar-refractivity contribution in [1.82, 2.24) is 0 Å². The summed E-state index contributed by atoms with van der Waals surface area (Å²) in [5.74, 6) is 1.19. The van der Waals surface area contributed by atoms with Crippen LogP contribution in [0.15, 0.2) is 36.4 Å². The Kier molecular flexibility index (Phi) is 6.69. The summed E-state index contributed by atoms with van der Waals surface area (Å²) < 4.78 is 11.1. The van der Waals surface area contributed by atoms with Gasteiger partial charge in [-0.05, 0) is 57.0 Å². The number of hydrogen-bond donors (Lipinski definition) is 2. The highest BCUT2D eigenvalue weighted by molar-refractivity contribution is 5.94. The molecule has 2 aromatic carbocycles. The molecule has 0 spiro atoms. The van der Waals surface area contributed by atoms with Crippen LogP contribution in [0.1, 0.15) is 25.0 Å². The molecule has 0 bridgehead atoms. The first-order valence-corrected chi connectivity index (χ1v) is 8.54. The summed E-state index contributed by atoms with van der Waals surface area (Å²) in [6.07, 6.45) is 0. The highest BCUT2D eigenvalue weighted by atomic mass is 16.5. The third-order valence-corrected chi connectivity index (χ3v) is 3.87. The lowest BCUT2D eigenvalue weighted by Gasteiger charge is -2.14. The molecule has 5 nitrogen and oxygen atoms in total. The topological polar surface area (TPSA) is 59.6 Å². The summed E-state index contributed by atoms with van der Waals surface area (Å²) in [6.45, 7) is 9.21. The molecule has 0 heterocycles. The SMILES string of the molecule is CCOc1ccc(NC(=O)CNc2cccc(C)c2C)cc1OCC. The van der Waals surface area contributed by atoms with E-state index in [9.17, 15) is 4.79 Å². The van der Waals surface area contributed by atoms with E-state index in [1.807, 2.05) is 45.0 Å². The minimum Gasteiger partial charge on any atom is -0.490 e. The maximum Gasteiger partial charge on any atom is 0.243 e. The quantitative estimate of drug-likeness (QED) is 0.756. The summed E-state index contributed by atoms with van der Waals surface area (Å²) in [4.78, 5) is 12.2. The number of hydrogen-bond acceptors (Lipinski definition) is 4. The van der Waals surface area contributed by atoms with E-state index in [1.165, 1.54) is 5.56 Å². The molecule has 2 N–H and O–H groups in total. The lowest BCUT2D eigenvalue weighted by atomic mass is 10.1. The monoisotopic (exact) mass is 342 g/mol. The second kappa shape index (κ2) is 8.97. The number of anilines is 2. The van der Waals surface area contributed by atoms with Crippen molar-refractivity contribution in [3.05, 3.63) is 47.5 Å². The molecule has 0 radical (unpaired) electrons. The maximum atomic E-state index is 12.2. The molecule has 0 fully saturated rings. The average Bonchev–Trinajstić information content (AvgIpc) is 2.59. The summed E-state index contributed by atoms with van der Waals surface area (Å²) in [7, 11) is 0. The number of amides is 1. The van der Waals surface area contributed by atoms with Crippen molar-refractivity contribution in [2.24, 2.45) is 0 Å². The number of benzene rings is 2. The first-order chi connectivity index (χ1) is 12.0. The van der Waals surface area contributed by atoms with E-state index in [-0.39, 0.29) is 12.5 Å². The van der Waals surface area contributed by atoms with Gasteiger partial charge >= 0.3 is 0 Å². The van der Waals surface area contributed by atoms with Crippen molar-refractivity contribution in [3.8, 4) is 11.5 Å². The van der Waals surface area contributed by atoms with Crippen LogP contribution in [0, 0.1) is 13.8 Å². The molecule has 0 aliphatic heterocycles. The Bertz CT molecular complexity index is 729. The molecular weight excluding hydrogens is 316 g/mol. The van der Waals surface area contributed by atoms with Gasteiger partial charge in [0, 0.05) is 17.4 Å². The van der Waals surface area contributed by atoms with E-state index in [2.05, 4.69) is 23.6 Å². The largest absolute Gasteiger partial charge is 0.490 e. The Morgan fingerprint density at radius 2 is 1.72 bits per heavy atom. The van der Waals surface area contributed by atoms with E-state index in [0.717, 1.165) is 11.3 Å². The lowest BCUT2D eigenvalue weighted by molar-refractivity contribution is -0.114. The van der Waals surface area contributed by atoms with Gasteiger partial charge in [0.25, 0.3) is 0 Å². The van der Waals surface area contributed by atoms with Gasteiger partial charge in [-0.1, -0.05) is 12.1 Å². The Morgan fingerprint density at radius 1 is 1.00 bits per heavy atom. The molecule has 2 rings (SSSR count). The molecule has 0 atom stereocenters. The zero-order valence-corrected chi connectivity index (χ0v) is 15.3. The van der Waals surface area contributed by atoms with Crippen molar-refractivity contribution in [2.45, 2.75) is 27.7 Å². The van der Waals surface area contributed by atoms with Gasteiger partial charge in [-0.15, -0.1) is 0 Å². The second-order valence-corrected chi connectivity index (χ2v) is 5.68. The molecule has 1 amide bonds. The number of rotatable bonds is 8. The number of carbonyl (C=O) groups excluding carboxylic acids is 1. The maximum absolute atomic E-state index is 12.2. The normalized spacial score (nSPS) is 10.2. The van der Waals surface area contributed by atoms with E-state index >= 15 is 0 Å². The number of nitrogens with one attached hydrogen (secondary N) is 2. The van der Waals surface area contributed by atoms with Gasteiger partial charge in [0.05, 0.1) is 19.8 Å². The first kappa shape index (κ1) is 18.6. The minimum atomic E-state index is -0.118. The molecule has 0 aliphatic rings. The number of aryl methyl sites for hydroxylation is 1. The Labute approximate surface area is 149 Å². The molecule has 2 aromatic rings. The van der Waals surface area contributed by atoms with Crippen LogP contribution in [0.25, 0.3) is 0 Å². The Morgan fingerprint density at radius 3 is 2.44 bits per heavy atom. The van der Waals surface area contributed by atoms with Crippen molar-refractivity contribution in [3.63, 3.8) is 0 Å². The van der Waals surface area contributed by atoms with Crippen LogP contribution >= 0.6 is 0 Å². The predicted octanol–water partition coefficient (Wildman–Crippen LogP) is 4.15. The third kappa shape index (κ3) is 5.14. The van der Waals surface area contributed by atoms with Gasteiger partial charge in [0.1, 0.15) is 0 Å².